The van der Waals surface area contributed by atoms with E-state index in [1.165, 1.54) is 18.2 Å². The standard InChI is InChI=1S/C17H16N2O2S/c1-11-4-3-5-12(8-11)10-22-17-18-14-7-6-13(16(20)21-2)9-15(14)19-17/h3-9H,10H2,1-2H3,(H,18,19). The van der Waals surface area contributed by atoms with Crippen LogP contribution in [-0.2, 0) is 10.5 Å². The molecule has 0 aliphatic rings. The summed E-state index contributed by atoms with van der Waals surface area (Å²) >= 11 is 1.65. The number of rotatable bonds is 4. The molecule has 3 aromatic rings. The molecule has 0 radical (unpaired) electrons. The number of nitrogens with zero attached hydrogens (tertiary/aromatic N) is 1. The van der Waals surface area contributed by atoms with Gasteiger partial charge in [0.25, 0.3) is 0 Å². The molecule has 1 N–H and O–H groups in total. The van der Waals surface area contributed by atoms with Crippen molar-refractivity contribution in [2.75, 3.05) is 7.11 Å². The van der Waals surface area contributed by atoms with E-state index >= 15 is 0 Å². The highest BCUT2D eigenvalue weighted by Crippen LogP contribution is 2.24. The summed E-state index contributed by atoms with van der Waals surface area (Å²) in [6.07, 6.45) is 0. The maximum Gasteiger partial charge on any atom is 0.337 e. The first-order chi connectivity index (χ1) is 10.7. The molecule has 0 saturated heterocycles. The Hall–Kier alpha value is -2.27. The second-order valence-electron chi connectivity index (χ2n) is 5.04. The van der Waals surface area contributed by atoms with Gasteiger partial charge in [-0.2, -0.15) is 0 Å². The number of imidazole rings is 1. The molecule has 0 saturated carbocycles. The van der Waals surface area contributed by atoms with E-state index in [9.17, 15) is 4.79 Å². The summed E-state index contributed by atoms with van der Waals surface area (Å²) in [4.78, 5) is 19.3. The van der Waals surface area contributed by atoms with Crippen molar-refractivity contribution in [1.29, 1.82) is 0 Å². The lowest BCUT2D eigenvalue weighted by molar-refractivity contribution is 0.0601. The molecule has 1 heterocycles. The van der Waals surface area contributed by atoms with Crippen molar-refractivity contribution in [3.63, 3.8) is 0 Å². The fourth-order valence-electron chi connectivity index (χ4n) is 2.25. The Morgan fingerprint density at radius 2 is 2.14 bits per heavy atom. The third-order valence-electron chi connectivity index (χ3n) is 3.34. The number of aromatic amines is 1. The van der Waals surface area contributed by atoms with Gasteiger partial charge in [-0.1, -0.05) is 41.6 Å². The fourth-order valence-corrected chi connectivity index (χ4v) is 3.08. The number of hydrogen-bond donors (Lipinski definition) is 1. The quantitative estimate of drug-likeness (QED) is 0.585. The van der Waals surface area contributed by atoms with Crippen molar-refractivity contribution >= 4 is 28.8 Å². The molecular weight excluding hydrogens is 296 g/mol. The van der Waals surface area contributed by atoms with Crippen LogP contribution in [0.25, 0.3) is 11.0 Å². The third kappa shape index (κ3) is 3.14. The predicted molar refractivity (Wildman–Crippen MR) is 88.2 cm³/mol. The Balaban J connectivity index is 1.78. The van der Waals surface area contributed by atoms with Gasteiger partial charge in [0.15, 0.2) is 5.16 Å². The summed E-state index contributed by atoms with van der Waals surface area (Å²) in [5.41, 5.74) is 4.73. The minimum atomic E-state index is -0.342. The molecule has 0 bridgehead atoms. The number of fused-ring (bicyclic) bond motifs is 1. The van der Waals surface area contributed by atoms with Gasteiger partial charge in [0.1, 0.15) is 0 Å². The van der Waals surface area contributed by atoms with Gasteiger partial charge in [-0.05, 0) is 30.7 Å². The molecule has 1 aromatic heterocycles. The molecule has 0 atom stereocenters. The van der Waals surface area contributed by atoms with E-state index in [1.54, 1.807) is 23.9 Å². The molecule has 0 aliphatic carbocycles. The molecule has 22 heavy (non-hydrogen) atoms. The second kappa shape index (κ2) is 6.23. The van der Waals surface area contributed by atoms with Crippen LogP contribution in [0.1, 0.15) is 21.5 Å². The van der Waals surface area contributed by atoms with Gasteiger partial charge < -0.3 is 9.72 Å². The number of esters is 1. The molecule has 5 heteroatoms. The van der Waals surface area contributed by atoms with Gasteiger partial charge in [-0.25, -0.2) is 9.78 Å². The average Bonchev–Trinajstić information content (AvgIpc) is 2.94. The first-order valence-electron chi connectivity index (χ1n) is 6.92. The molecule has 0 aliphatic heterocycles. The lowest BCUT2D eigenvalue weighted by atomic mass is 10.2. The van der Waals surface area contributed by atoms with E-state index in [1.807, 2.05) is 6.07 Å². The number of aromatic nitrogens is 2. The summed E-state index contributed by atoms with van der Waals surface area (Å²) in [5, 5.41) is 0.846. The molecule has 3 rings (SSSR count). The number of carbonyl (C=O) groups excluding carboxylic acids is 1. The zero-order chi connectivity index (χ0) is 15.5. The van der Waals surface area contributed by atoms with Crippen LogP contribution in [-0.4, -0.2) is 23.0 Å². The van der Waals surface area contributed by atoms with Gasteiger partial charge in [-0.15, -0.1) is 0 Å². The average molecular weight is 312 g/mol. The molecule has 112 valence electrons. The summed E-state index contributed by atoms with van der Waals surface area (Å²) < 4.78 is 4.73. The van der Waals surface area contributed by atoms with Crippen molar-refractivity contribution in [3.8, 4) is 0 Å². The van der Waals surface area contributed by atoms with E-state index in [4.69, 9.17) is 4.74 Å². The minimum absolute atomic E-state index is 0.342. The molecule has 0 fully saturated rings. The number of aryl methyl sites for hydroxylation is 1. The van der Waals surface area contributed by atoms with E-state index in [-0.39, 0.29) is 5.97 Å². The normalized spacial score (nSPS) is 10.8. The van der Waals surface area contributed by atoms with Gasteiger partial charge in [-0.3, -0.25) is 0 Å². The lowest BCUT2D eigenvalue weighted by Gasteiger charge is -2.00. The monoisotopic (exact) mass is 312 g/mol. The Morgan fingerprint density at radius 3 is 2.91 bits per heavy atom. The van der Waals surface area contributed by atoms with Gasteiger partial charge in [0, 0.05) is 5.75 Å². The van der Waals surface area contributed by atoms with Gasteiger partial charge in [0.2, 0.25) is 0 Å². The van der Waals surface area contributed by atoms with Gasteiger partial charge in [0.05, 0.1) is 23.7 Å². The number of ether oxygens (including phenoxy) is 1. The van der Waals surface area contributed by atoms with Crippen molar-refractivity contribution in [3.05, 3.63) is 59.2 Å². The molecule has 0 amide bonds. The fraction of sp³-hybridized carbons (Fsp3) is 0.176. The lowest BCUT2D eigenvalue weighted by Crippen LogP contribution is -2.00. The Bertz CT molecular complexity index is 826. The van der Waals surface area contributed by atoms with E-state index in [2.05, 4.69) is 41.2 Å². The summed E-state index contributed by atoms with van der Waals surface area (Å²) in [5.74, 6) is 0.510. The number of benzene rings is 2. The van der Waals surface area contributed by atoms with Crippen LogP contribution in [0, 0.1) is 6.92 Å². The Morgan fingerprint density at radius 1 is 1.27 bits per heavy atom. The number of nitrogens with one attached hydrogen (secondary N) is 1. The molecule has 0 unspecified atom stereocenters. The first-order valence-corrected chi connectivity index (χ1v) is 7.91. The summed E-state index contributed by atoms with van der Waals surface area (Å²) in [6, 6.07) is 13.8. The predicted octanol–water partition coefficient (Wildman–Crippen LogP) is 3.95. The van der Waals surface area contributed by atoms with Crippen molar-refractivity contribution < 1.29 is 9.53 Å². The summed E-state index contributed by atoms with van der Waals surface area (Å²) in [7, 11) is 1.38. The highest BCUT2D eigenvalue weighted by molar-refractivity contribution is 7.98. The van der Waals surface area contributed by atoms with Gasteiger partial charge >= 0.3 is 5.97 Å². The Labute approximate surface area is 132 Å². The number of hydrogen-bond acceptors (Lipinski definition) is 4. The third-order valence-corrected chi connectivity index (χ3v) is 4.28. The van der Waals surface area contributed by atoms with Crippen LogP contribution < -0.4 is 0 Å². The number of thioether (sulfide) groups is 1. The molecular formula is C17H16N2O2S. The zero-order valence-corrected chi connectivity index (χ0v) is 13.2. The molecule has 2 aromatic carbocycles. The van der Waals surface area contributed by atoms with Crippen LogP contribution in [0.4, 0.5) is 0 Å². The van der Waals surface area contributed by atoms with Crippen LogP contribution in [0.15, 0.2) is 47.6 Å². The van der Waals surface area contributed by atoms with Crippen LogP contribution >= 0.6 is 11.8 Å². The highest BCUT2D eigenvalue weighted by atomic mass is 32.2. The van der Waals surface area contributed by atoms with E-state index < -0.39 is 0 Å². The maximum absolute atomic E-state index is 11.5. The van der Waals surface area contributed by atoms with E-state index in [0.29, 0.717) is 5.56 Å². The smallest absolute Gasteiger partial charge is 0.337 e. The van der Waals surface area contributed by atoms with Crippen LogP contribution in [0.3, 0.4) is 0 Å². The Kier molecular flexibility index (Phi) is 4.15. The number of H-pyrrole nitrogens is 1. The number of carbonyl (C=O) groups is 1. The second-order valence-corrected chi connectivity index (χ2v) is 6.01. The zero-order valence-electron chi connectivity index (χ0n) is 12.4. The maximum atomic E-state index is 11.5. The molecule has 0 spiro atoms. The first kappa shape index (κ1) is 14.7. The highest BCUT2D eigenvalue weighted by Gasteiger charge is 2.09. The van der Waals surface area contributed by atoms with Crippen LogP contribution in [0.5, 0.6) is 0 Å². The van der Waals surface area contributed by atoms with Crippen LogP contribution in [0.2, 0.25) is 0 Å². The van der Waals surface area contributed by atoms with Crippen molar-refractivity contribution in [2.45, 2.75) is 17.8 Å². The minimum Gasteiger partial charge on any atom is -0.465 e. The van der Waals surface area contributed by atoms with Crippen molar-refractivity contribution in [1.82, 2.24) is 9.97 Å². The molecule has 4 nitrogen and oxygen atoms in total. The summed E-state index contributed by atoms with van der Waals surface area (Å²) in [6.45, 7) is 2.09. The largest absolute Gasteiger partial charge is 0.465 e. The van der Waals surface area contributed by atoms with E-state index in [0.717, 1.165) is 21.9 Å². The van der Waals surface area contributed by atoms with Crippen molar-refractivity contribution in [2.24, 2.45) is 0 Å². The number of methoxy groups -OCH3 is 1. The topological polar surface area (TPSA) is 55.0 Å². The SMILES string of the molecule is COC(=O)c1ccc2nc(SCc3cccc(C)c3)[nH]c2c1.